The molecule has 1 aromatic rings. The van der Waals surface area contributed by atoms with Crippen molar-refractivity contribution in [1.29, 1.82) is 0 Å². The van der Waals surface area contributed by atoms with E-state index in [1.165, 1.54) is 5.56 Å². The van der Waals surface area contributed by atoms with Gasteiger partial charge in [0.25, 0.3) is 0 Å². The molecule has 84 valence electrons. The summed E-state index contributed by atoms with van der Waals surface area (Å²) in [6.07, 6.45) is 2.63. The lowest BCUT2D eigenvalue weighted by Crippen LogP contribution is -2.33. The molecule has 1 amide bonds. The predicted molar refractivity (Wildman–Crippen MR) is 60.2 cm³/mol. The van der Waals surface area contributed by atoms with Gasteiger partial charge in [0.1, 0.15) is 5.75 Å². The van der Waals surface area contributed by atoms with Gasteiger partial charge in [0.2, 0.25) is 5.91 Å². The van der Waals surface area contributed by atoms with Crippen LogP contribution in [0.5, 0.6) is 5.75 Å². The second kappa shape index (κ2) is 3.81. The SMILES string of the molecule is O=C1CCCN1C1CCOc2ccccc21. The number of fused-ring (bicyclic) bond motifs is 1. The molecule has 1 atom stereocenters. The predicted octanol–water partition coefficient (Wildman–Crippen LogP) is 2.13. The highest BCUT2D eigenvalue weighted by Crippen LogP contribution is 2.37. The van der Waals surface area contributed by atoms with Crippen LogP contribution >= 0.6 is 0 Å². The summed E-state index contributed by atoms with van der Waals surface area (Å²) in [5, 5.41) is 0. The fourth-order valence-electron chi connectivity index (χ4n) is 2.65. The summed E-state index contributed by atoms with van der Waals surface area (Å²) in [6.45, 7) is 1.61. The molecule has 3 rings (SSSR count). The van der Waals surface area contributed by atoms with Gasteiger partial charge in [-0.05, 0) is 12.5 Å². The number of hydrogen-bond donors (Lipinski definition) is 0. The Bertz CT molecular complexity index is 416. The summed E-state index contributed by atoms with van der Waals surface area (Å²) in [7, 11) is 0. The summed E-state index contributed by atoms with van der Waals surface area (Å²) in [5.74, 6) is 1.24. The molecule has 2 aliphatic heterocycles. The van der Waals surface area contributed by atoms with Crippen molar-refractivity contribution in [1.82, 2.24) is 4.90 Å². The number of hydrogen-bond acceptors (Lipinski definition) is 2. The zero-order chi connectivity index (χ0) is 11.0. The smallest absolute Gasteiger partial charge is 0.223 e. The number of carbonyl (C=O) groups is 1. The molecule has 1 unspecified atom stereocenters. The molecule has 0 spiro atoms. The molecule has 1 saturated heterocycles. The van der Waals surface area contributed by atoms with Crippen LogP contribution in [-0.2, 0) is 4.79 Å². The lowest BCUT2D eigenvalue weighted by molar-refractivity contribution is -0.130. The van der Waals surface area contributed by atoms with E-state index in [1.54, 1.807) is 0 Å². The highest BCUT2D eigenvalue weighted by Gasteiger charge is 2.32. The van der Waals surface area contributed by atoms with Gasteiger partial charge in [-0.15, -0.1) is 0 Å². The first kappa shape index (κ1) is 9.70. The molecule has 0 N–H and O–H groups in total. The van der Waals surface area contributed by atoms with Gasteiger partial charge in [-0.3, -0.25) is 4.79 Å². The van der Waals surface area contributed by atoms with Gasteiger partial charge in [-0.2, -0.15) is 0 Å². The maximum atomic E-state index is 11.8. The molecule has 0 aliphatic carbocycles. The fourth-order valence-corrected chi connectivity index (χ4v) is 2.65. The van der Waals surface area contributed by atoms with Crippen LogP contribution in [0.15, 0.2) is 24.3 Å². The Labute approximate surface area is 95.0 Å². The van der Waals surface area contributed by atoms with Crippen LogP contribution in [0, 0.1) is 0 Å². The standard InChI is InChI=1S/C13H15NO2/c15-13-6-3-8-14(13)11-7-9-16-12-5-2-1-4-10(11)12/h1-2,4-5,11H,3,6-9H2. The van der Waals surface area contributed by atoms with Crippen LogP contribution in [0.2, 0.25) is 0 Å². The average molecular weight is 217 g/mol. The van der Waals surface area contributed by atoms with Gasteiger partial charge >= 0.3 is 0 Å². The van der Waals surface area contributed by atoms with Crippen molar-refractivity contribution >= 4 is 5.91 Å². The number of carbonyl (C=O) groups excluding carboxylic acids is 1. The van der Waals surface area contributed by atoms with Crippen molar-refractivity contribution in [3.8, 4) is 5.75 Å². The van der Waals surface area contributed by atoms with Crippen molar-refractivity contribution in [3.63, 3.8) is 0 Å². The third-order valence-electron chi connectivity index (χ3n) is 3.41. The number of likely N-dealkylation sites (tertiary alicyclic amines) is 1. The molecule has 0 aromatic heterocycles. The van der Waals surface area contributed by atoms with E-state index in [0.717, 1.165) is 25.1 Å². The number of ether oxygens (including phenoxy) is 1. The van der Waals surface area contributed by atoms with Crippen LogP contribution in [0.25, 0.3) is 0 Å². The molecule has 0 saturated carbocycles. The third-order valence-corrected chi connectivity index (χ3v) is 3.41. The number of para-hydroxylation sites is 1. The van der Waals surface area contributed by atoms with Gasteiger partial charge in [0, 0.05) is 24.9 Å². The summed E-state index contributed by atoms with van der Waals surface area (Å²) in [4.78, 5) is 13.8. The first-order chi connectivity index (χ1) is 7.86. The summed E-state index contributed by atoms with van der Waals surface area (Å²) in [6, 6.07) is 8.29. The van der Waals surface area contributed by atoms with Crippen LogP contribution < -0.4 is 4.74 Å². The molecule has 16 heavy (non-hydrogen) atoms. The van der Waals surface area contributed by atoms with Crippen LogP contribution in [-0.4, -0.2) is 24.0 Å². The molecule has 1 aromatic carbocycles. The highest BCUT2D eigenvalue weighted by molar-refractivity contribution is 5.78. The molecule has 1 fully saturated rings. The molecule has 2 heterocycles. The van der Waals surface area contributed by atoms with E-state index < -0.39 is 0 Å². The second-order valence-corrected chi connectivity index (χ2v) is 4.38. The summed E-state index contributed by atoms with van der Waals surface area (Å²) < 4.78 is 5.61. The molecular weight excluding hydrogens is 202 g/mol. The monoisotopic (exact) mass is 217 g/mol. The van der Waals surface area contributed by atoms with E-state index in [-0.39, 0.29) is 6.04 Å². The lowest BCUT2D eigenvalue weighted by Gasteiger charge is -2.32. The van der Waals surface area contributed by atoms with Crippen molar-refractivity contribution in [2.45, 2.75) is 25.3 Å². The van der Waals surface area contributed by atoms with Gasteiger partial charge in [-0.25, -0.2) is 0 Å². The Hall–Kier alpha value is -1.51. The maximum absolute atomic E-state index is 11.8. The van der Waals surface area contributed by atoms with E-state index >= 15 is 0 Å². The van der Waals surface area contributed by atoms with Crippen molar-refractivity contribution < 1.29 is 9.53 Å². The first-order valence-electron chi connectivity index (χ1n) is 5.87. The Morgan fingerprint density at radius 3 is 3.00 bits per heavy atom. The molecule has 0 radical (unpaired) electrons. The van der Waals surface area contributed by atoms with E-state index in [2.05, 4.69) is 6.07 Å². The summed E-state index contributed by atoms with van der Waals surface area (Å²) in [5.41, 5.74) is 1.17. The third kappa shape index (κ3) is 1.47. The number of benzene rings is 1. The Balaban J connectivity index is 1.95. The first-order valence-corrected chi connectivity index (χ1v) is 5.87. The Morgan fingerprint density at radius 1 is 1.31 bits per heavy atom. The number of nitrogens with zero attached hydrogens (tertiary/aromatic N) is 1. The van der Waals surface area contributed by atoms with Gasteiger partial charge in [0.15, 0.2) is 0 Å². The zero-order valence-electron chi connectivity index (χ0n) is 9.19. The van der Waals surface area contributed by atoms with Crippen molar-refractivity contribution in [2.75, 3.05) is 13.2 Å². The molecule has 0 bridgehead atoms. The van der Waals surface area contributed by atoms with Gasteiger partial charge in [0.05, 0.1) is 12.6 Å². The zero-order valence-corrected chi connectivity index (χ0v) is 9.19. The fraction of sp³-hybridized carbons (Fsp3) is 0.462. The van der Waals surface area contributed by atoms with E-state index in [4.69, 9.17) is 4.74 Å². The van der Waals surface area contributed by atoms with Crippen LogP contribution in [0.3, 0.4) is 0 Å². The minimum Gasteiger partial charge on any atom is -0.493 e. The molecular formula is C13H15NO2. The lowest BCUT2D eigenvalue weighted by atomic mass is 9.99. The second-order valence-electron chi connectivity index (χ2n) is 4.38. The Kier molecular flexibility index (Phi) is 2.31. The van der Waals surface area contributed by atoms with E-state index in [0.29, 0.717) is 18.9 Å². The largest absolute Gasteiger partial charge is 0.493 e. The minimum absolute atomic E-state index is 0.236. The van der Waals surface area contributed by atoms with Crippen LogP contribution in [0.4, 0.5) is 0 Å². The van der Waals surface area contributed by atoms with Crippen molar-refractivity contribution in [3.05, 3.63) is 29.8 Å². The normalized spacial score (nSPS) is 24.1. The maximum Gasteiger partial charge on any atom is 0.223 e. The number of rotatable bonds is 1. The van der Waals surface area contributed by atoms with Gasteiger partial charge < -0.3 is 9.64 Å². The average Bonchev–Trinajstić information content (AvgIpc) is 2.75. The topological polar surface area (TPSA) is 29.5 Å². The molecule has 2 aliphatic rings. The molecule has 3 heteroatoms. The highest BCUT2D eigenvalue weighted by atomic mass is 16.5. The number of amides is 1. The summed E-state index contributed by atoms with van der Waals surface area (Å²) >= 11 is 0. The minimum atomic E-state index is 0.236. The van der Waals surface area contributed by atoms with E-state index in [1.807, 2.05) is 23.1 Å². The Morgan fingerprint density at radius 2 is 2.19 bits per heavy atom. The van der Waals surface area contributed by atoms with Crippen molar-refractivity contribution in [2.24, 2.45) is 0 Å². The quantitative estimate of drug-likeness (QED) is 0.721. The van der Waals surface area contributed by atoms with Crippen LogP contribution in [0.1, 0.15) is 30.9 Å². The molecule has 3 nitrogen and oxygen atoms in total. The van der Waals surface area contributed by atoms with Gasteiger partial charge in [-0.1, -0.05) is 18.2 Å². The van der Waals surface area contributed by atoms with E-state index in [9.17, 15) is 4.79 Å².